The number of hydrogen-bond acceptors (Lipinski definition) is 2. The molecule has 1 heterocycles. The number of amides is 1. The van der Waals surface area contributed by atoms with Gasteiger partial charge in [-0.3, -0.25) is 4.79 Å². The molecule has 0 spiro atoms. The van der Waals surface area contributed by atoms with Crippen molar-refractivity contribution < 1.29 is 4.79 Å². The molecular formula is C14H15ClN2O. The number of hydrogen-bond donors (Lipinski definition) is 2. The molecule has 1 aliphatic carbocycles. The highest BCUT2D eigenvalue weighted by atomic mass is 35.5. The number of anilines is 1. The van der Waals surface area contributed by atoms with Gasteiger partial charge in [-0.25, -0.2) is 0 Å². The highest BCUT2D eigenvalue weighted by Gasteiger charge is 2.29. The van der Waals surface area contributed by atoms with E-state index in [9.17, 15) is 4.79 Å². The van der Waals surface area contributed by atoms with E-state index < -0.39 is 0 Å². The van der Waals surface area contributed by atoms with Gasteiger partial charge in [0.1, 0.15) is 6.17 Å². The summed E-state index contributed by atoms with van der Waals surface area (Å²) in [5, 5.41) is 7.01. The molecule has 2 N–H and O–H groups in total. The summed E-state index contributed by atoms with van der Waals surface area (Å²) in [4.78, 5) is 12.1. The third kappa shape index (κ3) is 2.10. The monoisotopic (exact) mass is 262 g/mol. The largest absolute Gasteiger partial charge is 0.364 e. The van der Waals surface area contributed by atoms with Crippen LogP contribution in [0.5, 0.6) is 0 Å². The van der Waals surface area contributed by atoms with Gasteiger partial charge < -0.3 is 10.6 Å². The van der Waals surface area contributed by atoms with Gasteiger partial charge in [0.05, 0.1) is 5.56 Å². The molecule has 0 saturated heterocycles. The molecule has 1 aliphatic heterocycles. The van der Waals surface area contributed by atoms with Crippen molar-refractivity contribution in [2.24, 2.45) is 5.92 Å². The minimum atomic E-state index is -0.0363. The maximum absolute atomic E-state index is 12.1. The van der Waals surface area contributed by atoms with Crippen molar-refractivity contribution in [3.05, 3.63) is 40.9 Å². The molecule has 18 heavy (non-hydrogen) atoms. The molecule has 0 aromatic heterocycles. The number of nitrogens with one attached hydrogen (secondary N) is 2. The number of benzene rings is 1. The molecule has 0 saturated carbocycles. The topological polar surface area (TPSA) is 41.1 Å². The van der Waals surface area contributed by atoms with E-state index in [1.807, 2.05) is 12.1 Å². The number of halogens is 1. The molecule has 1 amide bonds. The van der Waals surface area contributed by atoms with Gasteiger partial charge in [-0.1, -0.05) is 23.8 Å². The highest BCUT2D eigenvalue weighted by molar-refractivity contribution is 6.31. The first-order chi connectivity index (χ1) is 8.74. The molecule has 4 heteroatoms. The van der Waals surface area contributed by atoms with Crippen LogP contribution in [0.1, 0.15) is 29.6 Å². The standard InChI is InChI=1S/C14H15ClN2O/c15-10-6-7-12-11(8-10)14(18)17-13(16-12)9-4-2-1-3-5-9/h1-2,6-9,13,16H,3-5H2,(H,17,18). The van der Waals surface area contributed by atoms with Crippen LogP contribution in [0.4, 0.5) is 5.69 Å². The van der Waals surface area contributed by atoms with E-state index in [0.717, 1.165) is 24.9 Å². The van der Waals surface area contributed by atoms with Gasteiger partial charge in [0.15, 0.2) is 0 Å². The van der Waals surface area contributed by atoms with Gasteiger partial charge in [0, 0.05) is 16.6 Å². The first kappa shape index (κ1) is 11.6. The van der Waals surface area contributed by atoms with Gasteiger partial charge in [-0.2, -0.15) is 0 Å². The number of carbonyl (C=O) groups excluding carboxylic acids is 1. The molecule has 2 aliphatic rings. The van der Waals surface area contributed by atoms with E-state index in [0.29, 0.717) is 16.5 Å². The fourth-order valence-electron chi connectivity index (χ4n) is 2.61. The predicted octanol–water partition coefficient (Wildman–Crippen LogP) is 3.18. The molecule has 94 valence electrons. The summed E-state index contributed by atoms with van der Waals surface area (Å²) >= 11 is 5.91. The van der Waals surface area contributed by atoms with Crippen LogP contribution in [-0.2, 0) is 0 Å². The van der Waals surface area contributed by atoms with Crippen LogP contribution >= 0.6 is 11.6 Å². The Balaban J connectivity index is 1.85. The molecule has 0 bridgehead atoms. The van der Waals surface area contributed by atoms with Crippen LogP contribution in [0.2, 0.25) is 5.02 Å². The smallest absolute Gasteiger partial charge is 0.255 e. The minimum Gasteiger partial charge on any atom is -0.364 e. The number of fused-ring (bicyclic) bond motifs is 1. The summed E-state index contributed by atoms with van der Waals surface area (Å²) in [6.07, 6.45) is 7.63. The molecule has 0 radical (unpaired) electrons. The zero-order valence-corrected chi connectivity index (χ0v) is 10.7. The van der Waals surface area contributed by atoms with Crippen LogP contribution in [0.3, 0.4) is 0 Å². The highest BCUT2D eigenvalue weighted by Crippen LogP contribution is 2.29. The Morgan fingerprint density at radius 2 is 2.11 bits per heavy atom. The Hall–Kier alpha value is -1.48. The van der Waals surface area contributed by atoms with Crippen LogP contribution < -0.4 is 10.6 Å². The van der Waals surface area contributed by atoms with E-state index in [1.165, 1.54) is 0 Å². The second-order valence-corrected chi connectivity index (χ2v) is 5.27. The Bertz CT molecular complexity index is 513. The summed E-state index contributed by atoms with van der Waals surface area (Å²) in [5.41, 5.74) is 1.51. The summed E-state index contributed by atoms with van der Waals surface area (Å²) in [6, 6.07) is 5.39. The number of rotatable bonds is 1. The van der Waals surface area contributed by atoms with Gasteiger partial charge in [-0.15, -0.1) is 0 Å². The summed E-state index contributed by atoms with van der Waals surface area (Å²) in [7, 11) is 0. The first-order valence-corrected chi connectivity index (χ1v) is 6.64. The molecule has 1 aromatic rings. The van der Waals surface area contributed by atoms with Gasteiger partial charge >= 0.3 is 0 Å². The predicted molar refractivity (Wildman–Crippen MR) is 72.8 cm³/mol. The Morgan fingerprint density at radius 1 is 1.22 bits per heavy atom. The molecule has 0 fully saturated rings. The number of allylic oxidation sites excluding steroid dienone is 2. The van der Waals surface area contributed by atoms with Crippen LogP contribution in [-0.4, -0.2) is 12.1 Å². The maximum Gasteiger partial charge on any atom is 0.255 e. The number of carbonyl (C=O) groups is 1. The molecule has 3 nitrogen and oxygen atoms in total. The van der Waals surface area contributed by atoms with Crippen molar-refractivity contribution in [1.29, 1.82) is 0 Å². The van der Waals surface area contributed by atoms with E-state index in [2.05, 4.69) is 22.8 Å². The van der Waals surface area contributed by atoms with Gasteiger partial charge in [0.2, 0.25) is 0 Å². The molecule has 1 aromatic carbocycles. The molecular weight excluding hydrogens is 248 g/mol. The van der Waals surface area contributed by atoms with Gasteiger partial charge in [-0.05, 0) is 37.5 Å². The van der Waals surface area contributed by atoms with E-state index in [-0.39, 0.29) is 12.1 Å². The lowest BCUT2D eigenvalue weighted by Crippen LogP contribution is -2.49. The first-order valence-electron chi connectivity index (χ1n) is 6.26. The molecule has 3 rings (SSSR count). The van der Waals surface area contributed by atoms with Crippen molar-refractivity contribution in [1.82, 2.24) is 5.32 Å². The quantitative estimate of drug-likeness (QED) is 0.764. The van der Waals surface area contributed by atoms with Crippen molar-refractivity contribution >= 4 is 23.2 Å². The summed E-state index contributed by atoms with van der Waals surface area (Å²) in [6.45, 7) is 0. The molecule has 2 atom stereocenters. The lowest BCUT2D eigenvalue weighted by Gasteiger charge is -2.34. The normalized spacial score (nSPS) is 26.2. The fourth-order valence-corrected chi connectivity index (χ4v) is 2.78. The zero-order chi connectivity index (χ0) is 12.5. The average molecular weight is 263 g/mol. The van der Waals surface area contributed by atoms with Gasteiger partial charge in [0.25, 0.3) is 5.91 Å². The second-order valence-electron chi connectivity index (χ2n) is 4.83. The van der Waals surface area contributed by atoms with Crippen LogP contribution in [0.25, 0.3) is 0 Å². The molecule has 2 unspecified atom stereocenters. The van der Waals surface area contributed by atoms with Crippen molar-refractivity contribution in [3.63, 3.8) is 0 Å². The summed E-state index contributed by atoms with van der Waals surface area (Å²) < 4.78 is 0. The Kier molecular flexibility index (Phi) is 3.00. The average Bonchev–Trinajstić information content (AvgIpc) is 2.40. The van der Waals surface area contributed by atoms with Crippen molar-refractivity contribution in [2.75, 3.05) is 5.32 Å². The van der Waals surface area contributed by atoms with E-state index in [1.54, 1.807) is 6.07 Å². The van der Waals surface area contributed by atoms with E-state index in [4.69, 9.17) is 11.6 Å². The Labute approximate surface area is 111 Å². The lowest BCUT2D eigenvalue weighted by molar-refractivity contribution is 0.0920. The van der Waals surface area contributed by atoms with Crippen molar-refractivity contribution in [3.8, 4) is 0 Å². The lowest BCUT2D eigenvalue weighted by atomic mass is 9.90. The SMILES string of the molecule is O=C1NC(C2CC=CCC2)Nc2ccc(Cl)cc21. The Morgan fingerprint density at radius 3 is 2.89 bits per heavy atom. The second kappa shape index (κ2) is 4.65. The van der Waals surface area contributed by atoms with Crippen LogP contribution in [0, 0.1) is 5.92 Å². The van der Waals surface area contributed by atoms with E-state index >= 15 is 0 Å². The maximum atomic E-state index is 12.1. The third-order valence-corrected chi connectivity index (χ3v) is 3.84. The zero-order valence-electron chi connectivity index (χ0n) is 9.95. The summed E-state index contributed by atoms with van der Waals surface area (Å²) in [5.74, 6) is 0.425. The minimum absolute atomic E-state index is 0.0242. The fraction of sp³-hybridized carbons (Fsp3) is 0.357. The third-order valence-electron chi connectivity index (χ3n) is 3.60. The van der Waals surface area contributed by atoms with Crippen LogP contribution in [0.15, 0.2) is 30.4 Å². The van der Waals surface area contributed by atoms with Crippen molar-refractivity contribution in [2.45, 2.75) is 25.4 Å².